The van der Waals surface area contributed by atoms with Gasteiger partial charge in [-0.2, -0.15) is 0 Å². The van der Waals surface area contributed by atoms with Gasteiger partial charge in [0, 0.05) is 22.5 Å². The van der Waals surface area contributed by atoms with Crippen LogP contribution in [0.5, 0.6) is 0 Å². The van der Waals surface area contributed by atoms with Crippen LogP contribution in [0.1, 0.15) is 106 Å². The van der Waals surface area contributed by atoms with Gasteiger partial charge >= 0.3 is 0 Å². The SMILES string of the molecule is C=Cc1ccc2c(c1/C=C/c1cccc(N(C3=CCCC4=C3C3(CCCC3)c3ccccc34)c3ccc4c(c3)C(c3ccccc3)(c3ccccc3)c3ccccc3-4)c1)C=CCC2. The number of hydrogen-bond donors (Lipinski definition) is 0. The van der Waals surface area contributed by atoms with E-state index in [0.717, 1.165) is 25.7 Å². The highest BCUT2D eigenvalue weighted by Gasteiger charge is 2.50. The van der Waals surface area contributed by atoms with Gasteiger partial charge in [-0.25, -0.2) is 0 Å². The Kier molecular flexibility index (Phi) is 9.08. The number of nitrogens with zero attached hydrogens (tertiary/aromatic N) is 1. The molecule has 0 heterocycles. The second-order valence-corrected chi connectivity index (χ2v) is 18.1. The Morgan fingerprint density at radius 2 is 1.25 bits per heavy atom. The number of fused-ring (bicyclic) bond motifs is 8. The molecule has 1 fully saturated rings. The summed E-state index contributed by atoms with van der Waals surface area (Å²) < 4.78 is 0. The lowest BCUT2D eigenvalue weighted by atomic mass is 9.67. The molecule has 1 nitrogen and oxygen atoms in total. The van der Waals surface area contributed by atoms with Crippen LogP contribution in [0.2, 0.25) is 0 Å². The molecule has 0 atom stereocenters. The zero-order chi connectivity index (χ0) is 42.0. The Hall–Kier alpha value is -6.96. The van der Waals surface area contributed by atoms with Crippen molar-refractivity contribution in [2.75, 3.05) is 4.90 Å². The van der Waals surface area contributed by atoms with Crippen LogP contribution in [0.3, 0.4) is 0 Å². The fraction of sp³-hybridized carbons (Fsp3) is 0.161. The molecule has 7 aromatic rings. The number of allylic oxidation sites excluding steroid dienone is 4. The lowest BCUT2D eigenvalue weighted by Crippen LogP contribution is -2.31. The molecule has 0 aromatic heterocycles. The maximum absolute atomic E-state index is 4.20. The van der Waals surface area contributed by atoms with Crippen LogP contribution in [0, 0.1) is 0 Å². The smallest absolute Gasteiger partial charge is 0.0714 e. The highest BCUT2D eigenvalue weighted by Crippen LogP contribution is 2.62. The normalized spacial score (nSPS) is 17.2. The molecule has 0 bridgehead atoms. The maximum atomic E-state index is 4.20. The topological polar surface area (TPSA) is 3.24 Å². The maximum Gasteiger partial charge on any atom is 0.0714 e. The van der Waals surface area contributed by atoms with E-state index >= 15 is 0 Å². The molecular formula is C62H51N. The fourth-order valence-electron chi connectivity index (χ4n) is 12.4. The lowest BCUT2D eigenvalue weighted by Gasteiger charge is -2.39. The third kappa shape index (κ3) is 5.75. The van der Waals surface area contributed by atoms with Gasteiger partial charge in [0.05, 0.1) is 5.41 Å². The fourth-order valence-corrected chi connectivity index (χ4v) is 12.4. The molecule has 1 saturated carbocycles. The molecule has 0 amide bonds. The van der Waals surface area contributed by atoms with Crippen molar-refractivity contribution in [3.63, 3.8) is 0 Å². The molecule has 5 aliphatic carbocycles. The van der Waals surface area contributed by atoms with Crippen LogP contribution < -0.4 is 4.90 Å². The van der Waals surface area contributed by atoms with E-state index in [9.17, 15) is 0 Å². The molecule has 63 heavy (non-hydrogen) atoms. The van der Waals surface area contributed by atoms with Gasteiger partial charge in [0.15, 0.2) is 0 Å². The minimum Gasteiger partial charge on any atom is -0.310 e. The van der Waals surface area contributed by atoms with Crippen LogP contribution in [-0.4, -0.2) is 0 Å². The molecule has 12 rings (SSSR count). The summed E-state index contributed by atoms with van der Waals surface area (Å²) in [6.45, 7) is 4.20. The average Bonchev–Trinajstić information content (AvgIpc) is 4.04. The van der Waals surface area contributed by atoms with Crippen LogP contribution >= 0.6 is 0 Å². The van der Waals surface area contributed by atoms with E-state index in [2.05, 4.69) is 206 Å². The molecule has 1 spiro atoms. The van der Waals surface area contributed by atoms with Crippen molar-refractivity contribution in [3.05, 3.63) is 255 Å². The molecule has 304 valence electrons. The Morgan fingerprint density at radius 3 is 2.03 bits per heavy atom. The third-order valence-electron chi connectivity index (χ3n) is 15.0. The van der Waals surface area contributed by atoms with Crippen LogP contribution in [0.4, 0.5) is 11.4 Å². The second kappa shape index (κ2) is 15.1. The van der Waals surface area contributed by atoms with Crippen LogP contribution in [0.25, 0.3) is 41.0 Å². The summed E-state index contributed by atoms with van der Waals surface area (Å²) in [4.78, 5) is 2.64. The summed E-state index contributed by atoms with van der Waals surface area (Å²) in [6, 6.07) is 62.1. The van der Waals surface area contributed by atoms with Gasteiger partial charge in [-0.3, -0.25) is 0 Å². The summed E-state index contributed by atoms with van der Waals surface area (Å²) in [6.07, 6.45) is 23.0. The first-order chi connectivity index (χ1) is 31.2. The summed E-state index contributed by atoms with van der Waals surface area (Å²) in [5.74, 6) is 0. The van der Waals surface area contributed by atoms with E-state index in [0.29, 0.717) is 0 Å². The minimum absolute atomic E-state index is 0.0275. The quantitative estimate of drug-likeness (QED) is 0.138. The highest BCUT2D eigenvalue weighted by molar-refractivity contribution is 5.92. The van der Waals surface area contributed by atoms with E-state index in [1.807, 2.05) is 6.08 Å². The minimum atomic E-state index is -0.492. The van der Waals surface area contributed by atoms with Crippen LogP contribution in [0.15, 0.2) is 194 Å². The number of anilines is 2. The Morgan fingerprint density at radius 1 is 0.556 bits per heavy atom. The standard InChI is InChI=1S/C62H51N/c1-2-44-34-35-45-20-9-10-26-50(45)51(44)37-33-43-19-17-25-48(41-43)63(59-32-18-29-55-53-28-11-13-30-56(53)61(60(55)59)39-15-16-40-61)49-36-38-54-52-27-12-14-31-57(52)62(58(54)42-49,46-21-5-3-6-22-46)47-23-7-4-8-24-47/h2-8,10-14,17,19,21-28,30-38,41-42H,1,9,15-16,18,20,29,39-40H2/b37-33+. The van der Waals surface area contributed by atoms with E-state index in [4.69, 9.17) is 0 Å². The molecule has 0 aliphatic heterocycles. The summed E-state index contributed by atoms with van der Waals surface area (Å²) in [7, 11) is 0. The zero-order valence-corrected chi connectivity index (χ0v) is 35.9. The third-order valence-corrected chi connectivity index (χ3v) is 15.0. The molecule has 0 unspecified atom stereocenters. The number of rotatable bonds is 8. The van der Waals surface area contributed by atoms with Crippen molar-refractivity contribution >= 4 is 41.3 Å². The van der Waals surface area contributed by atoms with E-state index in [1.54, 1.807) is 16.7 Å². The number of hydrogen-bond acceptors (Lipinski definition) is 1. The van der Waals surface area contributed by atoms with E-state index in [1.165, 1.54) is 110 Å². The van der Waals surface area contributed by atoms with E-state index in [-0.39, 0.29) is 5.41 Å². The first-order valence-electron chi connectivity index (χ1n) is 23.1. The molecule has 0 saturated heterocycles. The molecular weight excluding hydrogens is 759 g/mol. The predicted molar refractivity (Wildman–Crippen MR) is 266 cm³/mol. The zero-order valence-electron chi connectivity index (χ0n) is 35.9. The summed E-state index contributed by atoms with van der Waals surface area (Å²) in [5, 5.41) is 0. The summed E-state index contributed by atoms with van der Waals surface area (Å²) >= 11 is 0. The van der Waals surface area contributed by atoms with Gasteiger partial charge in [0.25, 0.3) is 0 Å². The lowest BCUT2D eigenvalue weighted by molar-refractivity contribution is 0.535. The van der Waals surface area contributed by atoms with Crippen molar-refractivity contribution in [2.24, 2.45) is 0 Å². The average molecular weight is 810 g/mol. The first-order valence-corrected chi connectivity index (χ1v) is 23.1. The molecule has 0 N–H and O–H groups in total. The van der Waals surface area contributed by atoms with Gasteiger partial charge in [0.2, 0.25) is 0 Å². The van der Waals surface area contributed by atoms with Crippen LogP contribution in [-0.2, 0) is 17.3 Å². The molecule has 5 aliphatic rings. The van der Waals surface area contributed by atoms with Gasteiger partial charge < -0.3 is 4.90 Å². The second-order valence-electron chi connectivity index (χ2n) is 18.1. The van der Waals surface area contributed by atoms with Crippen molar-refractivity contribution < 1.29 is 0 Å². The van der Waals surface area contributed by atoms with Crippen molar-refractivity contribution in [1.29, 1.82) is 0 Å². The van der Waals surface area contributed by atoms with Crippen molar-refractivity contribution in [1.82, 2.24) is 0 Å². The van der Waals surface area contributed by atoms with Gasteiger partial charge in [-0.05, 0) is 146 Å². The van der Waals surface area contributed by atoms with Gasteiger partial charge in [-0.1, -0.05) is 195 Å². The van der Waals surface area contributed by atoms with Crippen molar-refractivity contribution in [3.8, 4) is 11.1 Å². The Labute approximate surface area is 372 Å². The van der Waals surface area contributed by atoms with Gasteiger partial charge in [-0.15, -0.1) is 0 Å². The molecule has 1 heteroatoms. The Balaban J connectivity index is 1.08. The number of benzene rings is 7. The number of aryl methyl sites for hydroxylation is 1. The van der Waals surface area contributed by atoms with Crippen molar-refractivity contribution in [2.45, 2.75) is 62.2 Å². The predicted octanol–water partition coefficient (Wildman–Crippen LogP) is 15.9. The molecule has 7 aromatic carbocycles. The monoisotopic (exact) mass is 809 g/mol. The Bertz CT molecular complexity index is 3040. The first kappa shape index (κ1) is 37.8. The largest absolute Gasteiger partial charge is 0.310 e. The summed E-state index contributed by atoms with van der Waals surface area (Å²) in [5.41, 5.74) is 23.6. The molecule has 0 radical (unpaired) electrons. The highest BCUT2D eigenvalue weighted by atomic mass is 15.2. The van der Waals surface area contributed by atoms with Gasteiger partial charge in [0.1, 0.15) is 0 Å². The van der Waals surface area contributed by atoms with E-state index < -0.39 is 5.41 Å².